The summed E-state index contributed by atoms with van der Waals surface area (Å²) in [5, 5.41) is 15.0. The minimum Gasteiger partial charge on any atom is -0.470 e. The second-order valence-electron chi connectivity index (χ2n) is 6.26. The fourth-order valence-corrected chi connectivity index (χ4v) is 3.78. The van der Waals surface area contributed by atoms with Gasteiger partial charge in [-0.05, 0) is 13.8 Å². The summed E-state index contributed by atoms with van der Waals surface area (Å²) in [6.45, 7) is 8.39. The van der Waals surface area contributed by atoms with E-state index < -0.39 is 4.92 Å². The van der Waals surface area contributed by atoms with Crippen LogP contribution >= 0.6 is 11.8 Å². The molecule has 3 rings (SSSR count). The van der Waals surface area contributed by atoms with E-state index in [0.29, 0.717) is 11.8 Å². The number of piperazine rings is 1. The van der Waals surface area contributed by atoms with Crippen molar-refractivity contribution >= 4 is 29.2 Å². The molecule has 1 N–H and O–H groups in total. The average Bonchev–Trinajstić information content (AvgIpc) is 2.62. The molecule has 2 aliphatic heterocycles. The van der Waals surface area contributed by atoms with Gasteiger partial charge in [0.1, 0.15) is 0 Å². The molecule has 0 aliphatic carbocycles. The van der Waals surface area contributed by atoms with E-state index in [1.165, 1.54) is 0 Å². The van der Waals surface area contributed by atoms with Gasteiger partial charge in [0, 0.05) is 50.8 Å². The molecule has 25 heavy (non-hydrogen) atoms. The topological polar surface area (TPSA) is 96.7 Å². The lowest BCUT2D eigenvalue weighted by molar-refractivity contribution is -0.385. The Balaban J connectivity index is 2.05. The molecule has 0 amide bonds. The van der Waals surface area contributed by atoms with Crippen LogP contribution in [0.15, 0.2) is 0 Å². The van der Waals surface area contributed by atoms with Gasteiger partial charge in [0.15, 0.2) is 0 Å². The van der Waals surface area contributed by atoms with Crippen LogP contribution in [0.1, 0.15) is 13.8 Å². The van der Waals surface area contributed by atoms with Crippen molar-refractivity contribution in [3.63, 3.8) is 0 Å². The molecule has 0 atom stereocenters. The van der Waals surface area contributed by atoms with Gasteiger partial charge < -0.3 is 19.9 Å². The maximum Gasteiger partial charge on any atom is 0.373 e. The van der Waals surface area contributed by atoms with E-state index in [1.54, 1.807) is 0 Å². The lowest BCUT2D eigenvalue weighted by Crippen LogP contribution is -2.44. The van der Waals surface area contributed by atoms with Crippen LogP contribution in [0.2, 0.25) is 0 Å². The fraction of sp³-hybridized carbons (Fsp3) is 0.733. The number of hydrogen-bond donors (Lipinski definition) is 1. The highest BCUT2D eigenvalue weighted by atomic mass is 32.2. The molecular formula is C15H24N6O3S. The van der Waals surface area contributed by atoms with Crippen LogP contribution in [0.4, 0.5) is 17.5 Å². The van der Waals surface area contributed by atoms with Gasteiger partial charge >= 0.3 is 11.6 Å². The maximum atomic E-state index is 11.7. The molecule has 9 nitrogen and oxygen atoms in total. The molecule has 0 radical (unpaired) electrons. The van der Waals surface area contributed by atoms with E-state index >= 15 is 0 Å². The third-order valence-corrected chi connectivity index (χ3v) is 5.00. The van der Waals surface area contributed by atoms with E-state index in [9.17, 15) is 10.1 Å². The van der Waals surface area contributed by atoms with Crippen LogP contribution in [0, 0.1) is 10.1 Å². The Labute approximate surface area is 151 Å². The summed E-state index contributed by atoms with van der Waals surface area (Å²) < 4.78 is 5.70. The standard InChI is InChI=1S/C15H24N6O3S/c1-11(2)24-14-12(21(22)23)13(19-7-9-25-10-8-19)17-15(18-14)20-5-3-16-4-6-20/h11,16H,3-10H2,1-2H3. The normalized spacial score (nSPS) is 18.5. The van der Waals surface area contributed by atoms with Crippen LogP contribution < -0.4 is 19.9 Å². The Morgan fingerprint density at radius 2 is 1.84 bits per heavy atom. The molecule has 0 unspecified atom stereocenters. The van der Waals surface area contributed by atoms with E-state index in [2.05, 4.69) is 20.2 Å². The molecule has 138 valence electrons. The van der Waals surface area contributed by atoms with Crippen molar-refractivity contribution in [3.05, 3.63) is 10.1 Å². The van der Waals surface area contributed by atoms with Gasteiger partial charge in [-0.3, -0.25) is 10.1 Å². The summed E-state index contributed by atoms with van der Waals surface area (Å²) in [5.41, 5.74) is -0.125. The summed E-state index contributed by atoms with van der Waals surface area (Å²) >= 11 is 1.85. The molecule has 0 spiro atoms. The molecule has 2 aliphatic rings. The number of nitrogens with one attached hydrogen (secondary N) is 1. The largest absolute Gasteiger partial charge is 0.470 e. The van der Waals surface area contributed by atoms with Crippen molar-refractivity contribution < 1.29 is 9.66 Å². The molecule has 3 heterocycles. The Bertz CT molecular complexity index is 618. The lowest BCUT2D eigenvalue weighted by Gasteiger charge is -2.31. The summed E-state index contributed by atoms with van der Waals surface area (Å²) in [4.78, 5) is 24.4. The third-order valence-electron chi connectivity index (χ3n) is 4.06. The van der Waals surface area contributed by atoms with Gasteiger partial charge in [-0.25, -0.2) is 0 Å². The molecule has 2 fully saturated rings. The lowest BCUT2D eigenvalue weighted by atomic mass is 10.3. The summed E-state index contributed by atoms with van der Waals surface area (Å²) in [6.07, 6.45) is -0.200. The number of aromatic nitrogens is 2. The Hall–Kier alpha value is -1.81. The Kier molecular flexibility index (Phi) is 5.79. The van der Waals surface area contributed by atoms with Gasteiger partial charge in [0.2, 0.25) is 11.8 Å². The first kappa shape index (κ1) is 18.0. The average molecular weight is 368 g/mol. The van der Waals surface area contributed by atoms with Crippen molar-refractivity contribution in [1.82, 2.24) is 15.3 Å². The van der Waals surface area contributed by atoms with Crippen LogP contribution in [0.3, 0.4) is 0 Å². The zero-order valence-electron chi connectivity index (χ0n) is 14.6. The first-order valence-electron chi connectivity index (χ1n) is 8.57. The van der Waals surface area contributed by atoms with Crippen molar-refractivity contribution in [2.45, 2.75) is 20.0 Å². The number of ether oxygens (including phenoxy) is 1. The predicted molar refractivity (Wildman–Crippen MR) is 99.1 cm³/mol. The van der Waals surface area contributed by atoms with Gasteiger partial charge in [-0.15, -0.1) is 0 Å². The first-order valence-corrected chi connectivity index (χ1v) is 9.73. The number of rotatable bonds is 5. The number of thioether (sulfide) groups is 1. The first-order chi connectivity index (χ1) is 12.1. The van der Waals surface area contributed by atoms with Crippen LogP contribution in [0.25, 0.3) is 0 Å². The molecule has 0 aromatic carbocycles. The van der Waals surface area contributed by atoms with Gasteiger partial charge in [-0.2, -0.15) is 21.7 Å². The quantitative estimate of drug-likeness (QED) is 0.606. The van der Waals surface area contributed by atoms with Crippen molar-refractivity contribution in [2.75, 3.05) is 60.6 Å². The van der Waals surface area contributed by atoms with Gasteiger partial charge in [0.25, 0.3) is 0 Å². The fourth-order valence-electron chi connectivity index (χ4n) is 2.88. The second-order valence-corrected chi connectivity index (χ2v) is 7.49. The van der Waals surface area contributed by atoms with Crippen LogP contribution in [0.5, 0.6) is 5.88 Å². The highest BCUT2D eigenvalue weighted by Crippen LogP contribution is 2.37. The van der Waals surface area contributed by atoms with E-state index in [4.69, 9.17) is 4.74 Å². The monoisotopic (exact) mass is 368 g/mol. The van der Waals surface area contributed by atoms with Crippen LogP contribution in [-0.4, -0.2) is 71.8 Å². The number of nitrogens with zero attached hydrogens (tertiary/aromatic N) is 5. The number of hydrogen-bond acceptors (Lipinski definition) is 9. The summed E-state index contributed by atoms with van der Waals surface area (Å²) in [5.74, 6) is 2.83. The summed E-state index contributed by atoms with van der Waals surface area (Å²) in [6, 6.07) is 0. The number of nitro groups is 1. The smallest absolute Gasteiger partial charge is 0.373 e. The Morgan fingerprint density at radius 3 is 2.44 bits per heavy atom. The minimum atomic E-state index is -0.420. The molecule has 10 heteroatoms. The molecule has 1 aromatic heterocycles. The van der Waals surface area contributed by atoms with Crippen molar-refractivity contribution in [1.29, 1.82) is 0 Å². The number of anilines is 2. The predicted octanol–water partition coefficient (Wildman–Crippen LogP) is 1.13. The van der Waals surface area contributed by atoms with Crippen molar-refractivity contribution in [2.24, 2.45) is 0 Å². The maximum absolute atomic E-state index is 11.7. The highest BCUT2D eigenvalue weighted by Gasteiger charge is 2.32. The van der Waals surface area contributed by atoms with E-state index in [1.807, 2.05) is 30.5 Å². The molecule has 2 saturated heterocycles. The van der Waals surface area contributed by atoms with Gasteiger partial charge in [-0.1, -0.05) is 0 Å². The molecule has 1 aromatic rings. The zero-order chi connectivity index (χ0) is 17.8. The molecular weight excluding hydrogens is 344 g/mol. The third kappa shape index (κ3) is 4.24. The van der Waals surface area contributed by atoms with E-state index in [0.717, 1.165) is 50.8 Å². The SMILES string of the molecule is CC(C)Oc1nc(N2CCNCC2)nc(N2CCSCC2)c1[N+](=O)[O-]. The zero-order valence-corrected chi connectivity index (χ0v) is 15.4. The Morgan fingerprint density at radius 1 is 1.16 bits per heavy atom. The second kappa shape index (κ2) is 8.05. The molecule has 0 bridgehead atoms. The van der Waals surface area contributed by atoms with E-state index in [-0.39, 0.29) is 17.7 Å². The molecule has 0 saturated carbocycles. The summed E-state index contributed by atoms with van der Waals surface area (Å²) in [7, 11) is 0. The highest BCUT2D eigenvalue weighted by molar-refractivity contribution is 7.99. The van der Waals surface area contributed by atoms with Gasteiger partial charge in [0.05, 0.1) is 11.0 Å². The minimum absolute atomic E-state index is 0.0664. The van der Waals surface area contributed by atoms with Crippen LogP contribution in [-0.2, 0) is 0 Å². The van der Waals surface area contributed by atoms with Crippen molar-refractivity contribution in [3.8, 4) is 5.88 Å².